The summed E-state index contributed by atoms with van der Waals surface area (Å²) in [5.74, 6) is -0.598. The Morgan fingerprint density at radius 3 is 1.97 bits per heavy atom. The van der Waals surface area contributed by atoms with E-state index in [0.29, 0.717) is 25.5 Å². The van der Waals surface area contributed by atoms with E-state index in [1.54, 1.807) is 24.3 Å². The quantitative estimate of drug-likeness (QED) is 0.597. The third-order valence-electron chi connectivity index (χ3n) is 4.95. The number of halogens is 2. The van der Waals surface area contributed by atoms with Crippen LogP contribution in [0, 0.1) is 11.6 Å². The van der Waals surface area contributed by atoms with Crippen molar-refractivity contribution in [1.82, 2.24) is 9.80 Å². The van der Waals surface area contributed by atoms with Crippen LogP contribution in [0.25, 0.3) is 0 Å². The van der Waals surface area contributed by atoms with Gasteiger partial charge in [0.15, 0.2) is 21.4 Å². The van der Waals surface area contributed by atoms with Crippen molar-refractivity contribution in [3.8, 4) is 11.5 Å². The predicted octanol–water partition coefficient (Wildman–Crippen LogP) is 2.44. The number of rotatable bonds is 9. The van der Waals surface area contributed by atoms with E-state index in [4.69, 9.17) is 9.47 Å². The third-order valence-corrected chi connectivity index (χ3v) is 6.08. The van der Waals surface area contributed by atoms with Gasteiger partial charge in [-0.2, -0.15) is 0 Å². The molecule has 0 atom stereocenters. The number of piperazine rings is 1. The average Bonchev–Trinajstić information content (AvgIpc) is 2.70. The fourth-order valence-electron chi connectivity index (χ4n) is 3.19. The predicted molar refractivity (Wildman–Crippen MR) is 110 cm³/mol. The average molecular weight is 441 g/mol. The Hall–Kier alpha value is -2.23. The molecule has 0 aliphatic carbocycles. The SMILES string of the molecule is CS(=O)(=O)c1ccc(OCCN2CCN(CCOc3ccc(F)cc3F)CC2)cc1. The maximum absolute atomic E-state index is 13.6. The molecule has 9 heteroatoms. The van der Waals surface area contributed by atoms with Crippen LogP contribution in [0.15, 0.2) is 47.4 Å². The summed E-state index contributed by atoms with van der Waals surface area (Å²) in [7, 11) is -3.20. The molecule has 1 aliphatic heterocycles. The second-order valence-corrected chi connectivity index (χ2v) is 9.21. The van der Waals surface area contributed by atoms with Crippen molar-refractivity contribution in [2.45, 2.75) is 4.90 Å². The lowest BCUT2D eigenvalue weighted by molar-refractivity contribution is 0.104. The molecule has 1 aliphatic rings. The van der Waals surface area contributed by atoms with Crippen molar-refractivity contribution < 1.29 is 26.7 Å². The summed E-state index contributed by atoms with van der Waals surface area (Å²) in [4.78, 5) is 4.81. The van der Waals surface area contributed by atoms with Crippen LogP contribution < -0.4 is 9.47 Å². The number of hydrogen-bond donors (Lipinski definition) is 0. The fourth-order valence-corrected chi connectivity index (χ4v) is 3.82. The minimum atomic E-state index is -3.20. The van der Waals surface area contributed by atoms with Gasteiger partial charge in [0.25, 0.3) is 0 Å². The zero-order valence-corrected chi connectivity index (χ0v) is 17.7. The summed E-state index contributed by atoms with van der Waals surface area (Å²) < 4.78 is 60.5. The first-order valence-corrected chi connectivity index (χ1v) is 11.7. The van der Waals surface area contributed by atoms with E-state index in [1.807, 2.05) is 0 Å². The van der Waals surface area contributed by atoms with Crippen molar-refractivity contribution in [2.75, 3.05) is 58.7 Å². The largest absolute Gasteiger partial charge is 0.492 e. The van der Waals surface area contributed by atoms with Crippen LogP contribution in [0.4, 0.5) is 8.78 Å². The van der Waals surface area contributed by atoms with Crippen molar-refractivity contribution in [1.29, 1.82) is 0 Å². The van der Waals surface area contributed by atoms with Gasteiger partial charge in [-0.3, -0.25) is 9.80 Å². The van der Waals surface area contributed by atoms with Gasteiger partial charge in [-0.15, -0.1) is 0 Å². The molecule has 2 aromatic rings. The van der Waals surface area contributed by atoms with Gasteiger partial charge < -0.3 is 9.47 Å². The minimum absolute atomic E-state index is 0.0664. The Morgan fingerprint density at radius 2 is 1.43 bits per heavy atom. The highest BCUT2D eigenvalue weighted by Gasteiger charge is 2.17. The second kappa shape index (κ2) is 10.2. The lowest BCUT2D eigenvalue weighted by atomic mass is 10.3. The molecular formula is C21H26F2N2O4S. The molecule has 0 radical (unpaired) electrons. The fraction of sp³-hybridized carbons (Fsp3) is 0.429. The van der Waals surface area contributed by atoms with Crippen LogP contribution in [0.5, 0.6) is 11.5 Å². The van der Waals surface area contributed by atoms with Crippen molar-refractivity contribution in [3.63, 3.8) is 0 Å². The Labute approximate surface area is 175 Å². The van der Waals surface area contributed by atoms with Gasteiger partial charge >= 0.3 is 0 Å². The van der Waals surface area contributed by atoms with Gasteiger partial charge in [0.05, 0.1) is 4.90 Å². The highest BCUT2D eigenvalue weighted by Crippen LogP contribution is 2.18. The number of hydrogen-bond acceptors (Lipinski definition) is 6. The highest BCUT2D eigenvalue weighted by molar-refractivity contribution is 7.90. The molecule has 1 heterocycles. The molecule has 30 heavy (non-hydrogen) atoms. The third kappa shape index (κ3) is 6.65. The van der Waals surface area contributed by atoms with Crippen LogP contribution in [0.2, 0.25) is 0 Å². The topological polar surface area (TPSA) is 59.1 Å². The molecule has 0 spiro atoms. The second-order valence-electron chi connectivity index (χ2n) is 7.20. The van der Waals surface area contributed by atoms with Crippen LogP contribution >= 0.6 is 0 Å². The highest BCUT2D eigenvalue weighted by atomic mass is 32.2. The first kappa shape index (κ1) is 22.5. The van der Waals surface area contributed by atoms with Crippen LogP contribution in [0.1, 0.15) is 0 Å². The van der Waals surface area contributed by atoms with Gasteiger partial charge in [-0.25, -0.2) is 17.2 Å². The molecular weight excluding hydrogens is 414 g/mol. The number of ether oxygens (including phenoxy) is 2. The summed E-state index contributed by atoms with van der Waals surface area (Å²) in [6.45, 7) is 5.84. The molecule has 6 nitrogen and oxygen atoms in total. The lowest BCUT2D eigenvalue weighted by Crippen LogP contribution is -2.48. The van der Waals surface area contributed by atoms with E-state index >= 15 is 0 Å². The van der Waals surface area contributed by atoms with E-state index < -0.39 is 21.5 Å². The van der Waals surface area contributed by atoms with Gasteiger partial charge in [-0.05, 0) is 36.4 Å². The molecule has 0 aromatic heterocycles. The molecule has 2 aromatic carbocycles. The van der Waals surface area contributed by atoms with Crippen LogP contribution in [-0.2, 0) is 9.84 Å². The molecule has 1 fully saturated rings. The molecule has 3 rings (SSSR count). The number of sulfone groups is 1. The summed E-state index contributed by atoms with van der Waals surface area (Å²) >= 11 is 0. The van der Waals surface area contributed by atoms with E-state index in [9.17, 15) is 17.2 Å². The minimum Gasteiger partial charge on any atom is -0.492 e. The summed E-state index contributed by atoms with van der Waals surface area (Å²) in [6.07, 6.45) is 1.18. The Bertz CT molecular complexity index is 931. The number of nitrogens with zero attached hydrogens (tertiary/aromatic N) is 2. The molecule has 0 bridgehead atoms. The normalized spacial score (nSPS) is 15.8. The zero-order valence-electron chi connectivity index (χ0n) is 16.9. The molecule has 0 saturated carbocycles. The van der Waals surface area contributed by atoms with E-state index in [1.165, 1.54) is 18.4 Å². The van der Waals surface area contributed by atoms with Crippen molar-refractivity contribution >= 4 is 9.84 Å². The first-order valence-electron chi connectivity index (χ1n) is 9.77. The van der Waals surface area contributed by atoms with E-state index in [2.05, 4.69) is 9.80 Å². The molecule has 0 amide bonds. The number of benzene rings is 2. The molecule has 0 N–H and O–H groups in total. The Morgan fingerprint density at radius 1 is 0.867 bits per heavy atom. The summed E-state index contributed by atoms with van der Waals surface area (Å²) in [5.41, 5.74) is 0. The molecule has 0 unspecified atom stereocenters. The van der Waals surface area contributed by atoms with Gasteiger partial charge in [0.2, 0.25) is 0 Å². The Kier molecular flexibility index (Phi) is 7.63. The van der Waals surface area contributed by atoms with Gasteiger partial charge in [-0.1, -0.05) is 0 Å². The Balaban J connectivity index is 1.32. The van der Waals surface area contributed by atoms with E-state index in [-0.39, 0.29) is 10.6 Å². The van der Waals surface area contributed by atoms with Crippen LogP contribution in [0.3, 0.4) is 0 Å². The lowest BCUT2D eigenvalue weighted by Gasteiger charge is -2.34. The molecule has 164 valence electrons. The van der Waals surface area contributed by atoms with Crippen molar-refractivity contribution in [2.24, 2.45) is 0 Å². The monoisotopic (exact) mass is 440 g/mol. The maximum atomic E-state index is 13.6. The molecule has 1 saturated heterocycles. The maximum Gasteiger partial charge on any atom is 0.175 e. The summed E-state index contributed by atoms with van der Waals surface area (Å²) in [6, 6.07) is 9.72. The zero-order chi connectivity index (χ0) is 21.6. The smallest absolute Gasteiger partial charge is 0.175 e. The summed E-state index contributed by atoms with van der Waals surface area (Å²) in [5, 5.41) is 0. The van der Waals surface area contributed by atoms with E-state index in [0.717, 1.165) is 38.8 Å². The van der Waals surface area contributed by atoms with Crippen LogP contribution in [-0.4, -0.2) is 77.0 Å². The van der Waals surface area contributed by atoms with Gasteiger partial charge in [0.1, 0.15) is 24.8 Å². The first-order chi connectivity index (χ1) is 14.3. The van der Waals surface area contributed by atoms with Crippen molar-refractivity contribution in [3.05, 3.63) is 54.1 Å². The standard InChI is InChI=1S/C21H26F2N2O4S/c1-30(26,27)19-5-3-18(4-6-19)28-14-12-24-8-10-25(11-9-24)13-15-29-21-7-2-17(22)16-20(21)23/h2-7,16H,8-15H2,1H3. The van der Waals surface area contributed by atoms with Gasteiger partial charge in [0, 0.05) is 51.6 Å².